The smallest absolute Gasteiger partial charge is 0.124 e. The van der Waals surface area contributed by atoms with Gasteiger partial charge in [0, 0.05) is 30.1 Å². The average Bonchev–Trinajstić information content (AvgIpc) is 2.98. The van der Waals surface area contributed by atoms with Gasteiger partial charge >= 0.3 is 0 Å². The minimum atomic E-state index is 0.223. The van der Waals surface area contributed by atoms with Crippen LogP contribution in [0.4, 0.5) is 0 Å². The molecular formula is C17H22N2OS. The van der Waals surface area contributed by atoms with E-state index in [1.54, 1.807) is 0 Å². The Morgan fingerprint density at radius 2 is 2.19 bits per heavy atom. The van der Waals surface area contributed by atoms with Gasteiger partial charge in [-0.15, -0.1) is 11.3 Å². The van der Waals surface area contributed by atoms with Gasteiger partial charge in [0.05, 0.1) is 12.6 Å². The van der Waals surface area contributed by atoms with E-state index in [4.69, 9.17) is 10.5 Å². The van der Waals surface area contributed by atoms with E-state index in [0.717, 1.165) is 25.3 Å². The van der Waals surface area contributed by atoms with Gasteiger partial charge in [-0.05, 0) is 36.4 Å². The number of rotatable bonds is 5. The van der Waals surface area contributed by atoms with Gasteiger partial charge in [-0.1, -0.05) is 18.2 Å². The molecule has 1 atom stereocenters. The molecule has 0 radical (unpaired) electrons. The molecule has 1 aromatic heterocycles. The standard InChI is InChI=1S/C17H22N2OS/c1-2-20-16-6-4-3-5-14(16)15(11-18)19-9-7-17-13(12-19)8-10-21-17/h3-6,8,10,15H,2,7,9,11-12,18H2,1H3. The zero-order valence-corrected chi connectivity index (χ0v) is 13.2. The fourth-order valence-corrected chi connectivity index (χ4v) is 3.94. The van der Waals surface area contributed by atoms with Gasteiger partial charge in [0.25, 0.3) is 0 Å². The average molecular weight is 302 g/mol. The van der Waals surface area contributed by atoms with E-state index < -0.39 is 0 Å². The van der Waals surface area contributed by atoms with E-state index in [0.29, 0.717) is 13.2 Å². The summed E-state index contributed by atoms with van der Waals surface area (Å²) in [6.45, 7) is 5.37. The zero-order valence-electron chi connectivity index (χ0n) is 12.4. The number of ether oxygens (including phenoxy) is 1. The van der Waals surface area contributed by atoms with Crippen LogP contribution in [0, 0.1) is 0 Å². The van der Waals surface area contributed by atoms with Crippen molar-refractivity contribution in [3.8, 4) is 5.75 Å². The Morgan fingerprint density at radius 3 is 3.00 bits per heavy atom. The number of hydrogen-bond acceptors (Lipinski definition) is 4. The minimum Gasteiger partial charge on any atom is -0.494 e. The molecule has 0 fully saturated rings. The van der Waals surface area contributed by atoms with Crippen molar-refractivity contribution in [3.05, 3.63) is 51.7 Å². The largest absolute Gasteiger partial charge is 0.494 e. The van der Waals surface area contributed by atoms with Crippen LogP contribution in [-0.2, 0) is 13.0 Å². The van der Waals surface area contributed by atoms with E-state index >= 15 is 0 Å². The summed E-state index contributed by atoms with van der Waals surface area (Å²) in [4.78, 5) is 4.01. The van der Waals surface area contributed by atoms with Crippen LogP contribution in [0.1, 0.15) is 29.0 Å². The molecule has 0 saturated carbocycles. The number of hydrogen-bond donors (Lipinski definition) is 1. The second-order valence-corrected chi connectivity index (χ2v) is 6.31. The molecule has 0 aliphatic carbocycles. The molecule has 2 N–H and O–H groups in total. The van der Waals surface area contributed by atoms with Crippen LogP contribution in [0.5, 0.6) is 5.75 Å². The normalized spacial score (nSPS) is 16.5. The van der Waals surface area contributed by atoms with Crippen LogP contribution in [0.3, 0.4) is 0 Å². The first-order valence-electron chi connectivity index (χ1n) is 7.54. The monoisotopic (exact) mass is 302 g/mol. The molecule has 3 nitrogen and oxygen atoms in total. The topological polar surface area (TPSA) is 38.5 Å². The van der Waals surface area contributed by atoms with E-state index in [2.05, 4.69) is 28.5 Å². The van der Waals surface area contributed by atoms with Gasteiger partial charge in [-0.3, -0.25) is 4.90 Å². The number of benzene rings is 1. The molecule has 1 aromatic carbocycles. The van der Waals surface area contributed by atoms with Gasteiger partial charge in [0.1, 0.15) is 5.75 Å². The summed E-state index contributed by atoms with van der Waals surface area (Å²) < 4.78 is 5.78. The first kappa shape index (κ1) is 14.6. The summed E-state index contributed by atoms with van der Waals surface area (Å²) in [6, 6.07) is 10.7. The third-order valence-corrected chi connectivity index (χ3v) is 5.10. The van der Waals surface area contributed by atoms with Gasteiger partial charge in [0.15, 0.2) is 0 Å². The van der Waals surface area contributed by atoms with Crippen molar-refractivity contribution in [1.29, 1.82) is 0 Å². The van der Waals surface area contributed by atoms with Crippen molar-refractivity contribution in [3.63, 3.8) is 0 Å². The lowest BCUT2D eigenvalue weighted by molar-refractivity contribution is 0.180. The number of thiophene rings is 1. The van der Waals surface area contributed by atoms with Crippen LogP contribution >= 0.6 is 11.3 Å². The second kappa shape index (κ2) is 6.60. The highest BCUT2D eigenvalue weighted by Crippen LogP contribution is 2.33. The third-order valence-electron chi connectivity index (χ3n) is 4.08. The van der Waals surface area contributed by atoms with E-state index in [9.17, 15) is 0 Å². The Bertz CT molecular complexity index is 596. The van der Waals surface area contributed by atoms with Crippen LogP contribution in [0.15, 0.2) is 35.7 Å². The van der Waals surface area contributed by atoms with Crippen LogP contribution in [-0.4, -0.2) is 24.6 Å². The molecule has 1 aliphatic heterocycles. The van der Waals surface area contributed by atoms with Crippen LogP contribution in [0.25, 0.3) is 0 Å². The minimum absolute atomic E-state index is 0.223. The summed E-state index contributed by atoms with van der Waals surface area (Å²) in [6.07, 6.45) is 1.13. The Hall–Kier alpha value is -1.36. The van der Waals surface area contributed by atoms with Gasteiger partial charge < -0.3 is 10.5 Å². The Morgan fingerprint density at radius 1 is 1.33 bits per heavy atom. The molecule has 1 unspecified atom stereocenters. The highest BCUT2D eigenvalue weighted by molar-refractivity contribution is 7.10. The SMILES string of the molecule is CCOc1ccccc1C(CN)N1CCc2sccc2C1. The summed E-state index contributed by atoms with van der Waals surface area (Å²) >= 11 is 1.87. The lowest BCUT2D eigenvalue weighted by Crippen LogP contribution is -2.37. The molecule has 2 heterocycles. The van der Waals surface area contributed by atoms with Crippen LogP contribution < -0.4 is 10.5 Å². The first-order chi connectivity index (χ1) is 10.3. The maximum absolute atomic E-state index is 6.10. The highest BCUT2D eigenvalue weighted by atomic mass is 32.1. The van der Waals surface area contributed by atoms with Crippen molar-refractivity contribution in [2.24, 2.45) is 5.73 Å². The van der Waals surface area contributed by atoms with Crippen molar-refractivity contribution < 1.29 is 4.74 Å². The van der Waals surface area contributed by atoms with Gasteiger partial charge in [0.2, 0.25) is 0 Å². The number of nitrogens with zero attached hydrogens (tertiary/aromatic N) is 1. The van der Waals surface area contributed by atoms with Crippen molar-refractivity contribution in [2.75, 3.05) is 19.7 Å². The molecule has 0 spiro atoms. The van der Waals surface area contributed by atoms with Gasteiger partial charge in [-0.25, -0.2) is 0 Å². The molecule has 3 rings (SSSR count). The van der Waals surface area contributed by atoms with Crippen molar-refractivity contribution in [2.45, 2.75) is 25.9 Å². The van der Waals surface area contributed by atoms with Crippen molar-refractivity contribution in [1.82, 2.24) is 4.90 Å². The van der Waals surface area contributed by atoms with Gasteiger partial charge in [-0.2, -0.15) is 0 Å². The lowest BCUT2D eigenvalue weighted by Gasteiger charge is -2.34. The summed E-state index contributed by atoms with van der Waals surface area (Å²) in [7, 11) is 0. The van der Waals surface area contributed by atoms with E-state index in [-0.39, 0.29) is 6.04 Å². The Kier molecular flexibility index (Phi) is 4.58. The maximum Gasteiger partial charge on any atom is 0.124 e. The molecule has 0 saturated heterocycles. The molecule has 4 heteroatoms. The number of nitrogens with two attached hydrogens (primary N) is 1. The molecule has 2 aromatic rings. The molecular weight excluding hydrogens is 280 g/mol. The molecule has 0 amide bonds. The maximum atomic E-state index is 6.10. The fraction of sp³-hybridized carbons (Fsp3) is 0.412. The first-order valence-corrected chi connectivity index (χ1v) is 8.42. The number of para-hydroxylation sites is 1. The second-order valence-electron chi connectivity index (χ2n) is 5.31. The third kappa shape index (κ3) is 2.98. The predicted octanol–water partition coefficient (Wildman–Crippen LogP) is 3.20. The summed E-state index contributed by atoms with van der Waals surface area (Å²) in [5.41, 5.74) is 8.77. The predicted molar refractivity (Wildman–Crippen MR) is 87.8 cm³/mol. The molecule has 112 valence electrons. The summed E-state index contributed by atoms with van der Waals surface area (Å²) in [5, 5.41) is 2.19. The Labute approximate surface area is 130 Å². The van der Waals surface area contributed by atoms with Crippen LogP contribution in [0.2, 0.25) is 0 Å². The lowest BCUT2D eigenvalue weighted by atomic mass is 10.0. The summed E-state index contributed by atoms with van der Waals surface area (Å²) in [5.74, 6) is 0.964. The Balaban J connectivity index is 1.86. The quantitative estimate of drug-likeness (QED) is 0.922. The number of fused-ring (bicyclic) bond motifs is 1. The fourth-order valence-electron chi connectivity index (χ4n) is 3.05. The zero-order chi connectivity index (χ0) is 14.7. The highest BCUT2D eigenvalue weighted by Gasteiger charge is 2.26. The molecule has 0 bridgehead atoms. The molecule has 1 aliphatic rings. The molecule has 21 heavy (non-hydrogen) atoms. The van der Waals surface area contributed by atoms with E-state index in [1.807, 2.05) is 30.4 Å². The van der Waals surface area contributed by atoms with E-state index in [1.165, 1.54) is 16.0 Å². The van der Waals surface area contributed by atoms with Crippen molar-refractivity contribution >= 4 is 11.3 Å².